The summed E-state index contributed by atoms with van der Waals surface area (Å²) in [4.78, 5) is 10.2. The maximum Gasteiger partial charge on any atom is 0.132 e. The lowest BCUT2D eigenvalue weighted by Gasteiger charge is -2.39. The molecule has 0 radical (unpaired) electrons. The molecule has 65 heavy (non-hydrogen) atoms. The summed E-state index contributed by atoms with van der Waals surface area (Å²) in [5.41, 5.74) is 21.2. The lowest BCUT2D eigenvalue weighted by molar-refractivity contribution is 0.436. The number of fused-ring (bicyclic) bond motifs is 14. The number of para-hydroxylation sites is 4. The quantitative estimate of drug-likeness (QED) is 0.177. The zero-order chi connectivity index (χ0) is 43.0. The van der Waals surface area contributed by atoms with Crippen molar-refractivity contribution in [1.82, 2.24) is 9.97 Å². The second-order valence-electron chi connectivity index (χ2n) is 18.1. The van der Waals surface area contributed by atoms with Crippen LogP contribution in [0.2, 0.25) is 0 Å². The highest BCUT2D eigenvalue weighted by atomic mass is 32.1. The van der Waals surface area contributed by atoms with Crippen LogP contribution in [0.25, 0.3) is 86.1 Å². The molecule has 3 aliphatic rings. The highest BCUT2D eigenvalue weighted by Gasteiger charge is 2.51. The number of rotatable bonds is 4. The first-order valence-electron chi connectivity index (χ1n) is 22.2. The van der Waals surface area contributed by atoms with E-state index in [0.717, 1.165) is 49.2 Å². The lowest BCUT2D eigenvalue weighted by Crippen LogP contribution is -2.32. The fraction of sp³-hybridized carbons (Fsp3) is 0.0667. The van der Waals surface area contributed by atoms with E-state index >= 15 is 0 Å². The number of aromatic nitrogens is 2. The van der Waals surface area contributed by atoms with Crippen LogP contribution < -0.4 is 4.74 Å². The smallest absolute Gasteiger partial charge is 0.132 e. The van der Waals surface area contributed by atoms with Crippen LogP contribution in [-0.2, 0) is 10.8 Å². The summed E-state index contributed by atoms with van der Waals surface area (Å²) in [5.74, 6) is 1.83. The van der Waals surface area contributed by atoms with E-state index in [2.05, 4.69) is 208 Å². The molecule has 3 nitrogen and oxygen atoms in total. The predicted octanol–water partition coefficient (Wildman–Crippen LogP) is 16.3. The third-order valence-electron chi connectivity index (χ3n) is 14.2. The molecule has 0 saturated heterocycles. The Morgan fingerprint density at radius 2 is 0.800 bits per heavy atom. The van der Waals surface area contributed by atoms with Gasteiger partial charge in [0.15, 0.2) is 0 Å². The Labute approximate surface area is 385 Å². The Bertz CT molecular complexity index is 3610. The molecular formula is C60H38N2OS2. The molecule has 306 valence electrons. The van der Waals surface area contributed by atoms with Crippen molar-refractivity contribution in [2.24, 2.45) is 0 Å². The Balaban J connectivity index is 0.872. The van der Waals surface area contributed by atoms with E-state index in [1.807, 2.05) is 0 Å². The zero-order valence-corrected chi connectivity index (χ0v) is 37.2. The lowest BCUT2D eigenvalue weighted by atomic mass is 9.66. The van der Waals surface area contributed by atoms with Gasteiger partial charge in [-0.2, -0.15) is 0 Å². The van der Waals surface area contributed by atoms with Gasteiger partial charge in [-0.3, -0.25) is 0 Å². The Hall–Kier alpha value is -7.44. The largest absolute Gasteiger partial charge is 0.457 e. The monoisotopic (exact) mass is 866 g/mol. The SMILES string of the molecule is CC1(C)c2cc(-c3cc(-c4nc5ccccc5s4)cc(-c4nc5ccccc5s4)c3)ccc2-c2ccc(-c3ccc4c(c3)-c3ccccc3C43c4ccccc4Oc4ccccc43)cc21. The maximum atomic E-state index is 6.57. The van der Waals surface area contributed by atoms with Gasteiger partial charge in [0.1, 0.15) is 21.5 Å². The average Bonchev–Trinajstić information content (AvgIpc) is 4.11. The molecule has 0 bridgehead atoms. The van der Waals surface area contributed by atoms with Gasteiger partial charge >= 0.3 is 0 Å². The topological polar surface area (TPSA) is 35.0 Å². The van der Waals surface area contributed by atoms with Crippen molar-refractivity contribution in [3.05, 3.63) is 228 Å². The minimum Gasteiger partial charge on any atom is -0.457 e. The number of thiazole rings is 2. The first kappa shape index (κ1) is 37.0. The first-order chi connectivity index (χ1) is 31.9. The number of hydrogen-bond donors (Lipinski definition) is 0. The molecule has 14 rings (SSSR count). The second kappa shape index (κ2) is 13.5. The van der Waals surface area contributed by atoms with Crippen LogP contribution >= 0.6 is 22.7 Å². The van der Waals surface area contributed by atoms with Crippen LogP contribution in [0.3, 0.4) is 0 Å². The fourth-order valence-corrected chi connectivity index (χ4v) is 13.1. The van der Waals surface area contributed by atoms with E-state index in [9.17, 15) is 0 Å². The zero-order valence-electron chi connectivity index (χ0n) is 35.6. The molecule has 11 aromatic rings. The van der Waals surface area contributed by atoms with Crippen LogP contribution in [0, 0.1) is 0 Å². The summed E-state index contributed by atoms with van der Waals surface area (Å²) in [6.07, 6.45) is 0. The summed E-state index contributed by atoms with van der Waals surface area (Å²) in [7, 11) is 0. The van der Waals surface area contributed by atoms with Gasteiger partial charge in [0.05, 0.1) is 25.8 Å². The maximum absolute atomic E-state index is 6.57. The van der Waals surface area contributed by atoms with E-state index < -0.39 is 5.41 Å². The molecular weight excluding hydrogens is 829 g/mol. The van der Waals surface area contributed by atoms with E-state index in [1.165, 1.54) is 81.7 Å². The van der Waals surface area contributed by atoms with Gasteiger partial charge in [-0.15, -0.1) is 22.7 Å². The van der Waals surface area contributed by atoms with Crippen LogP contribution in [0.1, 0.15) is 47.2 Å². The molecule has 2 aromatic heterocycles. The van der Waals surface area contributed by atoms with E-state index in [4.69, 9.17) is 14.7 Å². The highest BCUT2D eigenvalue weighted by molar-refractivity contribution is 7.22. The Morgan fingerprint density at radius 3 is 1.40 bits per heavy atom. The van der Waals surface area contributed by atoms with E-state index in [0.29, 0.717) is 0 Å². The molecule has 9 aromatic carbocycles. The van der Waals surface area contributed by atoms with Crippen LogP contribution in [0.4, 0.5) is 0 Å². The molecule has 5 heteroatoms. The van der Waals surface area contributed by atoms with Crippen molar-refractivity contribution in [1.29, 1.82) is 0 Å². The average molecular weight is 867 g/mol. The molecule has 3 heterocycles. The molecule has 1 aliphatic heterocycles. The molecule has 0 N–H and O–H groups in total. The van der Waals surface area contributed by atoms with Crippen molar-refractivity contribution in [3.63, 3.8) is 0 Å². The van der Waals surface area contributed by atoms with Crippen molar-refractivity contribution in [2.75, 3.05) is 0 Å². The molecule has 0 unspecified atom stereocenters. The van der Waals surface area contributed by atoms with Crippen molar-refractivity contribution in [3.8, 4) is 77.1 Å². The third kappa shape index (κ3) is 5.28. The summed E-state index contributed by atoms with van der Waals surface area (Å²) >= 11 is 3.49. The molecule has 0 saturated carbocycles. The van der Waals surface area contributed by atoms with E-state index in [1.54, 1.807) is 22.7 Å². The van der Waals surface area contributed by atoms with Gasteiger partial charge in [-0.1, -0.05) is 135 Å². The molecule has 0 atom stereocenters. The minimum atomic E-state index is -0.474. The number of nitrogens with zero attached hydrogens (tertiary/aromatic N) is 2. The molecule has 0 fully saturated rings. The Morgan fingerprint density at radius 1 is 0.354 bits per heavy atom. The fourth-order valence-electron chi connectivity index (χ4n) is 11.2. The molecule has 0 amide bonds. The summed E-state index contributed by atoms with van der Waals surface area (Å²) in [6.45, 7) is 4.77. The number of ether oxygens (including phenoxy) is 1. The van der Waals surface area contributed by atoms with Crippen LogP contribution in [-0.4, -0.2) is 9.97 Å². The van der Waals surface area contributed by atoms with Gasteiger partial charge in [-0.05, 0) is 140 Å². The third-order valence-corrected chi connectivity index (χ3v) is 16.4. The highest BCUT2D eigenvalue weighted by Crippen LogP contribution is 2.62. The van der Waals surface area contributed by atoms with Crippen molar-refractivity contribution >= 4 is 43.1 Å². The normalized spacial score (nSPS) is 14.4. The summed E-state index contributed by atoms with van der Waals surface area (Å²) in [6, 6.07) is 71.2. The minimum absolute atomic E-state index is 0.222. The van der Waals surface area contributed by atoms with Gasteiger partial charge in [-0.25, -0.2) is 9.97 Å². The number of benzene rings is 9. The Kier molecular flexibility index (Phi) is 7.70. The predicted molar refractivity (Wildman–Crippen MR) is 269 cm³/mol. The molecule has 2 aliphatic carbocycles. The standard InChI is InChI=1S/C60H38N2OS2/c1-59(2)49-33-36(35-25-28-46-44(32-35)41-13-3-4-14-45(41)60(46)47-15-5-9-19-53(47)63-54-20-10-6-16-48(54)60)23-26-42(49)43-27-24-37(34-50(43)59)38-29-39(57-61-51-17-7-11-21-55(51)64-57)31-40(30-38)58-62-52-18-8-12-22-56(52)65-58/h3-34H,1-2H3. The van der Waals surface area contributed by atoms with Gasteiger partial charge in [0, 0.05) is 27.7 Å². The first-order valence-corrected chi connectivity index (χ1v) is 23.8. The van der Waals surface area contributed by atoms with Crippen LogP contribution in [0.5, 0.6) is 11.5 Å². The van der Waals surface area contributed by atoms with Gasteiger partial charge in [0.2, 0.25) is 0 Å². The second-order valence-corrected chi connectivity index (χ2v) is 20.1. The summed E-state index contributed by atoms with van der Waals surface area (Å²) < 4.78 is 8.95. The summed E-state index contributed by atoms with van der Waals surface area (Å²) in [5, 5.41) is 2.04. The molecule has 1 spiro atoms. The van der Waals surface area contributed by atoms with E-state index in [-0.39, 0.29) is 5.41 Å². The van der Waals surface area contributed by atoms with Crippen LogP contribution in [0.15, 0.2) is 194 Å². The number of hydrogen-bond acceptors (Lipinski definition) is 5. The van der Waals surface area contributed by atoms with Crippen molar-refractivity contribution in [2.45, 2.75) is 24.7 Å². The van der Waals surface area contributed by atoms with Gasteiger partial charge < -0.3 is 4.74 Å². The van der Waals surface area contributed by atoms with Gasteiger partial charge in [0.25, 0.3) is 0 Å². The van der Waals surface area contributed by atoms with Crippen molar-refractivity contribution < 1.29 is 4.74 Å².